The van der Waals surface area contributed by atoms with Crippen molar-refractivity contribution >= 4 is 22.6 Å². The van der Waals surface area contributed by atoms with Crippen molar-refractivity contribution < 1.29 is 8.78 Å². The van der Waals surface area contributed by atoms with Crippen molar-refractivity contribution in [1.29, 1.82) is 0 Å². The van der Waals surface area contributed by atoms with Crippen molar-refractivity contribution in [2.45, 2.75) is 54.0 Å². The first-order valence-corrected chi connectivity index (χ1v) is 11.7. The molecule has 0 radical (unpaired) electrons. The van der Waals surface area contributed by atoms with Crippen molar-refractivity contribution in [2.24, 2.45) is 0 Å². The van der Waals surface area contributed by atoms with Gasteiger partial charge in [-0.05, 0) is 67.3 Å². The lowest BCUT2D eigenvalue weighted by atomic mass is 9.94. The second kappa shape index (κ2) is 12.2. The van der Waals surface area contributed by atoms with E-state index in [1.54, 1.807) is 6.08 Å². The topological polar surface area (TPSA) is 4.93 Å². The van der Waals surface area contributed by atoms with Crippen molar-refractivity contribution in [1.82, 2.24) is 4.57 Å². The van der Waals surface area contributed by atoms with Gasteiger partial charge in [0.1, 0.15) is 11.6 Å². The molecule has 0 bridgehead atoms. The quantitative estimate of drug-likeness (QED) is 0.303. The first-order valence-electron chi connectivity index (χ1n) is 11.7. The molecular weight excluding hydrogens is 412 g/mol. The Hall–Kier alpha value is -3.20. The summed E-state index contributed by atoms with van der Waals surface area (Å²) in [5, 5.41) is 1.09. The number of allylic oxidation sites excluding steroid dienone is 5. The second-order valence-corrected chi connectivity index (χ2v) is 7.63. The van der Waals surface area contributed by atoms with Gasteiger partial charge < -0.3 is 4.57 Å². The van der Waals surface area contributed by atoms with Crippen LogP contribution in [0.5, 0.6) is 0 Å². The van der Waals surface area contributed by atoms with Crippen LogP contribution in [0.2, 0.25) is 0 Å². The predicted octanol–water partition coefficient (Wildman–Crippen LogP) is 9.13. The monoisotopic (exact) mass is 447 g/mol. The van der Waals surface area contributed by atoms with Gasteiger partial charge in [0.15, 0.2) is 0 Å². The van der Waals surface area contributed by atoms with Crippen molar-refractivity contribution in [3.05, 3.63) is 107 Å². The van der Waals surface area contributed by atoms with E-state index in [2.05, 4.69) is 58.2 Å². The molecule has 0 aliphatic heterocycles. The number of hydrogen-bond acceptors (Lipinski definition) is 0. The Morgan fingerprint density at radius 1 is 1.03 bits per heavy atom. The van der Waals surface area contributed by atoms with Crippen LogP contribution < -0.4 is 0 Å². The highest BCUT2D eigenvalue weighted by Crippen LogP contribution is 2.37. The van der Waals surface area contributed by atoms with Gasteiger partial charge in [0.2, 0.25) is 0 Å². The Morgan fingerprint density at radius 2 is 1.76 bits per heavy atom. The van der Waals surface area contributed by atoms with E-state index in [0.29, 0.717) is 5.56 Å². The summed E-state index contributed by atoms with van der Waals surface area (Å²) in [4.78, 5) is 0. The molecular formula is C30H35F2N. The Labute approximate surface area is 197 Å². The van der Waals surface area contributed by atoms with Crippen molar-refractivity contribution in [3.8, 4) is 0 Å². The second-order valence-electron chi connectivity index (χ2n) is 7.63. The Balaban J connectivity index is 0.00000187. The smallest absolute Gasteiger partial charge is 0.128 e. The van der Waals surface area contributed by atoms with Gasteiger partial charge >= 0.3 is 0 Å². The summed E-state index contributed by atoms with van der Waals surface area (Å²) >= 11 is 0. The number of halogens is 2. The zero-order chi connectivity index (χ0) is 24.5. The lowest BCUT2D eigenvalue weighted by Crippen LogP contribution is -2.05. The summed E-state index contributed by atoms with van der Waals surface area (Å²) in [7, 11) is 0. The maximum atomic E-state index is 14.5. The normalized spacial score (nSPS) is 11.8. The number of hydrogen-bond donors (Lipinski definition) is 0. The van der Waals surface area contributed by atoms with E-state index in [0.717, 1.165) is 46.6 Å². The number of rotatable bonds is 8. The van der Waals surface area contributed by atoms with Gasteiger partial charge in [0, 0.05) is 27.7 Å². The van der Waals surface area contributed by atoms with Crippen LogP contribution in [-0.2, 0) is 13.0 Å². The number of aromatic nitrogens is 1. The van der Waals surface area contributed by atoms with Crippen LogP contribution >= 0.6 is 0 Å². The SMILES string of the molecule is C=C/C=C\C(=C(/C)CC)c1c(C=C)n(Cc2cc(F)ccc2F)c2ccc(CC)cc12.CC. The number of benzene rings is 2. The van der Waals surface area contributed by atoms with Crippen molar-refractivity contribution in [3.63, 3.8) is 0 Å². The average Bonchev–Trinajstić information content (AvgIpc) is 3.14. The summed E-state index contributed by atoms with van der Waals surface area (Å²) in [5.41, 5.74) is 6.80. The highest BCUT2D eigenvalue weighted by atomic mass is 19.1. The maximum Gasteiger partial charge on any atom is 0.128 e. The maximum absolute atomic E-state index is 14.5. The van der Waals surface area contributed by atoms with Gasteiger partial charge in [-0.1, -0.05) is 70.7 Å². The molecule has 3 aromatic rings. The molecule has 3 heteroatoms. The van der Waals surface area contributed by atoms with Gasteiger partial charge in [-0.2, -0.15) is 0 Å². The molecule has 174 valence electrons. The molecule has 1 heterocycles. The van der Waals surface area contributed by atoms with E-state index in [1.165, 1.54) is 23.3 Å². The van der Waals surface area contributed by atoms with Crippen LogP contribution in [-0.4, -0.2) is 4.57 Å². The van der Waals surface area contributed by atoms with E-state index < -0.39 is 11.6 Å². The molecule has 0 aliphatic rings. The average molecular weight is 448 g/mol. The minimum absolute atomic E-state index is 0.219. The first kappa shape index (κ1) is 26.1. The zero-order valence-corrected chi connectivity index (χ0v) is 20.5. The minimum Gasteiger partial charge on any atom is -0.336 e. The van der Waals surface area contributed by atoms with E-state index in [9.17, 15) is 8.78 Å². The summed E-state index contributed by atoms with van der Waals surface area (Å²) in [6.07, 6.45) is 9.38. The van der Waals surface area contributed by atoms with E-state index >= 15 is 0 Å². The highest BCUT2D eigenvalue weighted by Gasteiger charge is 2.20. The van der Waals surface area contributed by atoms with E-state index in [1.807, 2.05) is 30.6 Å². The molecule has 33 heavy (non-hydrogen) atoms. The van der Waals surface area contributed by atoms with Gasteiger partial charge in [0.25, 0.3) is 0 Å². The zero-order valence-electron chi connectivity index (χ0n) is 20.5. The fraction of sp³-hybridized carbons (Fsp3) is 0.267. The Morgan fingerprint density at radius 3 is 2.36 bits per heavy atom. The predicted molar refractivity (Wildman–Crippen MR) is 140 cm³/mol. The van der Waals surface area contributed by atoms with E-state index in [4.69, 9.17) is 0 Å². The highest BCUT2D eigenvalue weighted by molar-refractivity contribution is 6.00. The molecule has 0 aliphatic carbocycles. The molecule has 1 aromatic heterocycles. The van der Waals surface area contributed by atoms with Crippen LogP contribution in [0.1, 0.15) is 63.4 Å². The summed E-state index contributed by atoms with van der Waals surface area (Å²) in [6.45, 7) is 18.5. The summed E-state index contributed by atoms with van der Waals surface area (Å²) in [6, 6.07) is 9.94. The van der Waals surface area contributed by atoms with E-state index in [-0.39, 0.29) is 6.54 Å². The fourth-order valence-electron chi connectivity index (χ4n) is 3.94. The molecule has 0 saturated heterocycles. The largest absolute Gasteiger partial charge is 0.336 e. The van der Waals surface area contributed by atoms with Crippen molar-refractivity contribution in [2.75, 3.05) is 0 Å². The molecule has 0 N–H and O–H groups in total. The third kappa shape index (κ3) is 5.60. The first-order chi connectivity index (χ1) is 15.9. The van der Waals surface area contributed by atoms with Crippen LogP contribution in [0.15, 0.2) is 73.4 Å². The number of aryl methyl sites for hydroxylation is 1. The molecule has 0 saturated carbocycles. The molecule has 0 atom stereocenters. The molecule has 0 fully saturated rings. The lowest BCUT2D eigenvalue weighted by molar-refractivity contribution is 0.578. The third-order valence-electron chi connectivity index (χ3n) is 5.76. The van der Waals surface area contributed by atoms with Gasteiger partial charge in [-0.15, -0.1) is 0 Å². The number of nitrogens with zero attached hydrogens (tertiary/aromatic N) is 1. The Kier molecular flexibility index (Phi) is 9.59. The molecule has 1 nitrogen and oxygen atoms in total. The molecule has 2 aromatic carbocycles. The van der Waals surface area contributed by atoms with Crippen LogP contribution in [0.3, 0.4) is 0 Å². The summed E-state index contributed by atoms with van der Waals surface area (Å²) in [5.74, 6) is -0.866. The third-order valence-corrected chi connectivity index (χ3v) is 5.76. The van der Waals surface area contributed by atoms with Crippen LogP contribution in [0, 0.1) is 11.6 Å². The standard InChI is InChI=1S/C28H29F2N.C2H6/c1-6-10-11-23(19(5)7-2)28-24-16-20(8-3)12-15-27(24)31(26(28)9-4)18-21-17-22(29)13-14-25(21)30;1-2/h6,9-17H,1,4,7-8,18H2,2-3,5H3;1-2H3/b11-10-,23-19-;. The van der Waals surface area contributed by atoms with Gasteiger partial charge in [-0.3, -0.25) is 0 Å². The van der Waals surface area contributed by atoms with Crippen LogP contribution in [0.25, 0.3) is 22.6 Å². The Bertz CT molecular complexity index is 1190. The molecule has 0 unspecified atom stereocenters. The lowest BCUT2D eigenvalue weighted by Gasteiger charge is -2.12. The van der Waals surface area contributed by atoms with Gasteiger partial charge in [-0.25, -0.2) is 8.78 Å². The molecule has 0 amide bonds. The minimum atomic E-state index is -0.446. The summed E-state index contributed by atoms with van der Waals surface area (Å²) < 4.78 is 30.4. The number of fused-ring (bicyclic) bond motifs is 1. The molecule has 0 spiro atoms. The van der Waals surface area contributed by atoms with Gasteiger partial charge in [0.05, 0.1) is 6.54 Å². The molecule has 3 rings (SSSR count). The fourth-order valence-corrected chi connectivity index (χ4v) is 3.94. The van der Waals surface area contributed by atoms with Crippen LogP contribution in [0.4, 0.5) is 8.78 Å².